The molecular formula is C19H15FN4O2S. The second-order valence-electron chi connectivity index (χ2n) is 5.76. The minimum Gasteiger partial charge on any atom is -0.354 e. The SMILES string of the molecule is Cc1cc(F)ccc1S(=O)(=O)Nc1ccc(Nc2ccc(C#N)cc2)cn1. The third-order valence-corrected chi connectivity index (χ3v) is 5.25. The van der Waals surface area contributed by atoms with E-state index in [-0.39, 0.29) is 10.7 Å². The van der Waals surface area contributed by atoms with Crippen molar-refractivity contribution < 1.29 is 12.8 Å². The molecular weight excluding hydrogens is 367 g/mol. The number of benzene rings is 2. The van der Waals surface area contributed by atoms with Crippen molar-refractivity contribution in [3.05, 3.63) is 77.7 Å². The number of rotatable bonds is 5. The summed E-state index contributed by atoms with van der Waals surface area (Å²) in [5.74, 6) is -0.355. The van der Waals surface area contributed by atoms with Crippen LogP contribution in [0.15, 0.2) is 65.7 Å². The molecule has 0 bridgehead atoms. The number of nitrogens with one attached hydrogen (secondary N) is 2. The molecule has 0 saturated heterocycles. The first-order valence-electron chi connectivity index (χ1n) is 7.89. The number of aryl methyl sites for hydroxylation is 1. The fourth-order valence-electron chi connectivity index (χ4n) is 2.43. The third kappa shape index (κ3) is 4.40. The number of halogens is 1. The Morgan fingerprint density at radius 2 is 1.74 bits per heavy atom. The van der Waals surface area contributed by atoms with E-state index >= 15 is 0 Å². The van der Waals surface area contributed by atoms with Crippen molar-refractivity contribution in [1.29, 1.82) is 5.26 Å². The van der Waals surface area contributed by atoms with E-state index in [1.807, 2.05) is 6.07 Å². The lowest BCUT2D eigenvalue weighted by molar-refractivity contribution is 0.598. The largest absolute Gasteiger partial charge is 0.354 e. The molecule has 0 amide bonds. The summed E-state index contributed by atoms with van der Waals surface area (Å²) in [4.78, 5) is 4.08. The molecule has 0 aliphatic rings. The average molecular weight is 382 g/mol. The first-order valence-corrected chi connectivity index (χ1v) is 9.38. The highest BCUT2D eigenvalue weighted by Crippen LogP contribution is 2.21. The quantitative estimate of drug-likeness (QED) is 0.697. The van der Waals surface area contributed by atoms with Crippen molar-refractivity contribution in [2.24, 2.45) is 0 Å². The second-order valence-corrected chi connectivity index (χ2v) is 7.41. The first kappa shape index (κ1) is 18.4. The molecule has 2 aromatic carbocycles. The Morgan fingerprint density at radius 1 is 1.04 bits per heavy atom. The molecule has 0 unspecified atom stereocenters. The fourth-order valence-corrected chi connectivity index (χ4v) is 3.67. The summed E-state index contributed by atoms with van der Waals surface area (Å²) >= 11 is 0. The zero-order chi connectivity index (χ0) is 19.4. The lowest BCUT2D eigenvalue weighted by Gasteiger charge is -2.11. The molecule has 0 radical (unpaired) electrons. The number of pyridine rings is 1. The van der Waals surface area contributed by atoms with E-state index in [4.69, 9.17) is 5.26 Å². The number of anilines is 3. The maximum Gasteiger partial charge on any atom is 0.263 e. The number of aromatic nitrogens is 1. The monoisotopic (exact) mass is 382 g/mol. The fraction of sp³-hybridized carbons (Fsp3) is 0.0526. The molecule has 2 N–H and O–H groups in total. The van der Waals surface area contributed by atoms with Gasteiger partial charge in [-0.25, -0.2) is 17.8 Å². The van der Waals surface area contributed by atoms with Gasteiger partial charge in [-0.2, -0.15) is 5.26 Å². The van der Waals surface area contributed by atoms with Crippen LogP contribution in [0.2, 0.25) is 0 Å². The van der Waals surface area contributed by atoms with Gasteiger partial charge in [0, 0.05) is 5.69 Å². The van der Waals surface area contributed by atoms with Gasteiger partial charge < -0.3 is 5.32 Å². The topological polar surface area (TPSA) is 94.9 Å². The highest BCUT2D eigenvalue weighted by molar-refractivity contribution is 7.92. The molecule has 0 fully saturated rings. The molecule has 1 heterocycles. The van der Waals surface area contributed by atoms with E-state index in [1.165, 1.54) is 25.3 Å². The molecule has 0 atom stereocenters. The maximum absolute atomic E-state index is 13.2. The van der Waals surface area contributed by atoms with E-state index < -0.39 is 15.8 Å². The standard InChI is InChI=1S/C19H15FN4O2S/c1-13-10-15(20)4-8-18(13)27(25,26)24-19-9-7-17(12-22-19)23-16-5-2-14(11-21)3-6-16/h2-10,12,23H,1H3,(H,22,24). The van der Waals surface area contributed by atoms with Gasteiger partial charge in [0.05, 0.1) is 28.4 Å². The molecule has 27 heavy (non-hydrogen) atoms. The van der Waals surface area contributed by atoms with Crippen molar-refractivity contribution in [3.63, 3.8) is 0 Å². The Kier molecular flexibility index (Phi) is 5.05. The van der Waals surface area contributed by atoms with Crippen LogP contribution in [0.1, 0.15) is 11.1 Å². The van der Waals surface area contributed by atoms with Crippen LogP contribution in [0.5, 0.6) is 0 Å². The Morgan fingerprint density at radius 3 is 2.33 bits per heavy atom. The molecule has 3 rings (SSSR count). The smallest absolute Gasteiger partial charge is 0.263 e. The minimum atomic E-state index is -3.87. The van der Waals surface area contributed by atoms with Crippen molar-refractivity contribution >= 4 is 27.2 Å². The maximum atomic E-state index is 13.2. The summed E-state index contributed by atoms with van der Waals surface area (Å²) < 4.78 is 40.5. The van der Waals surface area contributed by atoms with E-state index in [2.05, 4.69) is 15.0 Å². The van der Waals surface area contributed by atoms with Gasteiger partial charge in [0.25, 0.3) is 10.0 Å². The number of hydrogen-bond acceptors (Lipinski definition) is 5. The molecule has 136 valence electrons. The van der Waals surface area contributed by atoms with Crippen LogP contribution in [0.3, 0.4) is 0 Å². The van der Waals surface area contributed by atoms with Gasteiger partial charge in [0.1, 0.15) is 11.6 Å². The third-order valence-electron chi connectivity index (χ3n) is 3.73. The second kappa shape index (κ2) is 7.43. The molecule has 0 aliphatic carbocycles. The zero-order valence-electron chi connectivity index (χ0n) is 14.3. The van der Waals surface area contributed by atoms with Gasteiger partial charge in [-0.3, -0.25) is 4.72 Å². The Bertz CT molecular complexity index is 1110. The van der Waals surface area contributed by atoms with Crippen LogP contribution < -0.4 is 10.0 Å². The summed E-state index contributed by atoms with van der Waals surface area (Å²) in [6.45, 7) is 1.52. The predicted octanol–water partition coefficient (Wildman–Crippen LogP) is 3.95. The van der Waals surface area contributed by atoms with Crippen LogP contribution >= 0.6 is 0 Å². The molecule has 0 aliphatic heterocycles. The summed E-state index contributed by atoms with van der Waals surface area (Å²) in [7, 11) is -3.87. The van der Waals surface area contributed by atoms with Crippen LogP contribution in [0.25, 0.3) is 0 Å². The summed E-state index contributed by atoms with van der Waals surface area (Å²) in [5, 5.41) is 11.9. The van der Waals surface area contributed by atoms with Crippen molar-refractivity contribution in [2.75, 3.05) is 10.0 Å². The van der Waals surface area contributed by atoms with Gasteiger partial charge in [-0.1, -0.05) is 0 Å². The summed E-state index contributed by atoms with van der Waals surface area (Å²) in [6, 6.07) is 15.6. The van der Waals surface area contributed by atoms with E-state index in [0.717, 1.165) is 17.8 Å². The van der Waals surface area contributed by atoms with E-state index in [1.54, 1.807) is 30.3 Å². The van der Waals surface area contributed by atoms with Crippen LogP contribution in [-0.2, 0) is 10.0 Å². The normalized spacial score (nSPS) is 10.9. The van der Waals surface area contributed by atoms with Crippen molar-refractivity contribution in [3.8, 4) is 6.07 Å². The Hall–Kier alpha value is -3.44. The molecule has 8 heteroatoms. The zero-order valence-corrected chi connectivity index (χ0v) is 15.1. The molecule has 0 saturated carbocycles. The Labute approximate surface area is 156 Å². The highest BCUT2D eigenvalue weighted by atomic mass is 32.2. The van der Waals surface area contributed by atoms with Crippen LogP contribution in [-0.4, -0.2) is 13.4 Å². The van der Waals surface area contributed by atoms with Gasteiger partial charge in [-0.05, 0) is 67.1 Å². The first-order chi connectivity index (χ1) is 12.9. The predicted molar refractivity (Wildman–Crippen MR) is 101 cm³/mol. The average Bonchev–Trinajstić information content (AvgIpc) is 2.63. The number of nitrogens with zero attached hydrogens (tertiary/aromatic N) is 2. The molecule has 0 spiro atoms. The molecule has 1 aromatic heterocycles. The van der Waals surface area contributed by atoms with E-state index in [9.17, 15) is 12.8 Å². The number of sulfonamides is 1. The summed E-state index contributed by atoms with van der Waals surface area (Å²) in [5.41, 5.74) is 2.29. The Balaban J connectivity index is 1.74. The van der Waals surface area contributed by atoms with Gasteiger partial charge in [-0.15, -0.1) is 0 Å². The minimum absolute atomic E-state index is 0.00881. The molecule has 3 aromatic rings. The number of nitriles is 1. The van der Waals surface area contributed by atoms with Crippen molar-refractivity contribution in [1.82, 2.24) is 4.98 Å². The lowest BCUT2D eigenvalue weighted by atomic mass is 10.2. The van der Waals surface area contributed by atoms with Gasteiger partial charge in [0.15, 0.2) is 0 Å². The van der Waals surface area contributed by atoms with Gasteiger partial charge >= 0.3 is 0 Å². The van der Waals surface area contributed by atoms with Crippen LogP contribution in [0.4, 0.5) is 21.6 Å². The number of hydrogen-bond donors (Lipinski definition) is 2. The molecule has 6 nitrogen and oxygen atoms in total. The van der Waals surface area contributed by atoms with E-state index in [0.29, 0.717) is 16.8 Å². The van der Waals surface area contributed by atoms with Crippen LogP contribution in [0, 0.1) is 24.1 Å². The van der Waals surface area contributed by atoms with Gasteiger partial charge in [0.2, 0.25) is 0 Å². The van der Waals surface area contributed by atoms with Crippen molar-refractivity contribution in [2.45, 2.75) is 11.8 Å². The lowest BCUT2D eigenvalue weighted by Crippen LogP contribution is -2.15. The highest BCUT2D eigenvalue weighted by Gasteiger charge is 2.17. The summed E-state index contributed by atoms with van der Waals surface area (Å²) in [6.07, 6.45) is 1.48.